The summed E-state index contributed by atoms with van der Waals surface area (Å²) in [6.45, 7) is 12.3. The molecule has 336 valence electrons. The summed E-state index contributed by atoms with van der Waals surface area (Å²) in [6, 6.07) is 0. The third-order valence-electron chi connectivity index (χ3n) is 15.5. The summed E-state index contributed by atoms with van der Waals surface area (Å²) in [6.07, 6.45) is 6.84. The molecule has 60 heavy (non-hydrogen) atoms. The number of aliphatic hydroxyl groups excluding tert-OH is 2. The number of hydrogen-bond acceptors (Lipinski definition) is 14. The van der Waals surface area contributed by atoms with Gasteiger partial charge in [-0.1, -0.05) is 30.7 Å². The van der Waals surface area contributed by atoms with Crippen LogP contribution in [-0.4, -0.2) is 129 Å². The van der Waals surface area contributed by atoms with Gasteiger partial charge in [-0.2, -0.15) is 0 Å². The molecule has 3 N–H and O–H groups in total. The smallest absolute Gasteiger partial charge is 0.311 e. The Bertz CT molecular complexity index is 1720. The minimum Gasteiger partial charge on any atom is -0.459 e. The Morgan fingerprint density at radius 1 is 0.767 bits per heavy atom. The molecule has 1 unspecified atom stereocenters. The van der Waals surface area contributed by atoms with Gasteiger partial charge < -0.3 is 58.0 Å². The second-order valence-corrected chi connectivity index (χ2v) is 20.7. The third-order valence-corrected chi connectivity index (χ3v) is 15.5. The second-order valence-electron chi connectivity index (χ2n) is 20.7. The maximum Gasteiger partial charge on any atom is 0.311 e. The summed E-state index contributed by atoms with van der Waals surface area (Å²) in [5.74, 6) is -5.02. The van der Waals surface area contributed by atoms with E-state index in [1.807, 2.05) is 19.1 Å². The first-order valence-corrected chi connectivity index (χ1v) is 22.9. The van der Waals surface area contributed by atoms with Gasteiger partial charge in [0.15, 0.2) is 17.4 Å². The largest absolute Gasteiger partial charge is 0.459 e. The van der Waals surface area contributed by atoms with Crippen molar-refractivity contribution in [2.45, 2.75) is 233 Å². The molecule has 0 amide bonds. The third kappa shape index (κ3) is 7.90. The number of fused-ring (bicyclic) bond motifs is 10. The van der Waals surface area contributed by atoms with Crippen molar-refractivity contribution >= 4 is 11.8 Å². The predicted molar refractivity (Wildman–Crippen MR) is 213 cm³/mol. The van der Waals surface area contributed by atoms with Crippen LogP contribution < -0.4 is 0 Å². The molecule has 14 nitrogen and oxygen atoms in total. The fourth-order valence-corrected chi connectivity index (χ4v) is 12.2. The molecule has 18 atom stereocenters. The van der Waals surface area contributed by atoms with E-state index in [-0.39, 0.29) is 37.3 Å². The highest BCUT2D eigenvalue weighted by Crippen LogP contribution is 2.55. The molecular weight excluding hydrogens is 776 g/mol. The van der Waals surface area contributed by atoms with Crippen LogP contribution in [0.5, 0.6) is 0 Å². The second kappa shape index (κ2) is 15.7. The van der Waals surface area contributed by atoms with Crippen molar-refractivity contribution < 1.29 is 67.5 Å². The van der Waals surface area contributed by atoms with E-state index in [1.165, 1.54) is 0 Å². The van der Waals surface area contributed by atoms with Gasteiger partial charge in [-0.05, 0) is 98.3 Å². The summed E-state index contributed by atoms with van der Waals surface area (Å²) in [4.78, 5) is 27.9. The molecule has 9 rings (SSSR count). The number of ether oxygens (including phenoxy) is 9. The molecule has 8 fully saturated rings. The van der Waals surface area contributed by atoms with Crippen molar-refractivity contribution in [2.75, 3.05) is 6.61 Å². The fraction of sp³-hybridized carbons (Fsp3) is 0.870. The number of allylic oxidation sites excluding steroid dienone is 3. The lowest BCUT2D eigenvalue weighted by molar-refractivity contribution is -0.359. The number of ketones is 1. The van der Waals surface area contributed by atoms with Crippen LogP contribution in [0.15, 0.2) is 23.8 Å². The molecule has 0 aliphatic carbocycles. The van der Waals surface area contributed by atoms with Gasteiger partial charge in [-0.3, -0.25) is 9.59 Å². The molecule has 8 saturated heterocycles. The molecule has 0 saturated carbocycles. The topological polar surface area (TPSA) is 178 Å². The van der Waals surface area contributed by atoms with Gasteiger partial charge in [0.25, 0.3) is 0 Å². The average Bonchev–Trinajstić information content (AvgIpc) is 4.01. The van der Waals surface area contributed by atoms with Crippen molar-refractivity contribution in [3.63, 3.8) is 0 Å². The quantitative estimate of drug-likeness (QED) is 0.300. The molecule has 0 aromatic heterocycles. The Kier molecular flexibility index (Phi) is 11.4. The number of hydrogen-bond donors (Lipinski definition) is 3. The molecule has 0 aromatic rings. The lowest BCUT2D eigenvalue weighted by Crippen LogP contribution is -2.57. The monoisotopic (exact) mass is 844 g/mol. The highest BCUT2D eigenvalue weighted by molar-refractivity contribution is 5.86. The maximum absolute atomic E-state index is 14.0. The number of Topliss-reactive ketones (excluding diaryl/α,β-unsaturated/α-hetero) is 1. The van der Waals surface area contributed by atoms with Crippen LogP contribution >= 0.6 is 0 Å². The minimum absolute atomic E-state index is 0.0232. The van der Waals surface area contributed by atoms with Gasteiger partial charge in [-0.15, -0.1) is 0 Å². The van der Waals surface area contributed by atoms with Crippen LogP contribution in [0, 0.1) is 11.8 Å². The fourth-order valence-electron chi connectivity index (χ4n) is 12.2. The van der Waals surface area contributed by atoms with E-state index >= 15 is 0 Å². The summed E-state index contributed by atoms with van der Waals surface area (Å²) in [7, 11) is 0. The van der Waals surface area contributed by atoms with Gasteiger partial charge >= 0.3 is 5.97 Å². The SMILES string of the molecule is CC1=C[C@H](C)CC2(C)CC[C@@H](O2)[C@@]23CC[C@@](C)(C[C@H](O2)[C@H]2O[C@](C)(CC2=O)[C@@H](O)[C@@H]2CC[C@]4(CCC[C@H](O4)[C@@H](C)C(=O)O[C@@H]4C[C@@H]([C@@]5(O)OCCC[C@H]5O)O[C@@H]4C=C1)O2)O3. The van der Waals surface area contributed by atoms with Crippen LogP contribution in [0.3, 0.4) is 0 Å². The lowest BCUT2D eigenvalue weighted by atomic mass is 9.88. The summed E-state index contributed by atoms with van der Waals surface area (Å²) in [5.41, 5.74) is -1.16. The van der Waals surface area contributed by atoms with Crippen LogP contribution in [0.1, 0.15) is 138 Å². The normalized spacial score (nSPS) is 53.8. The van der Waals surface area contributed by atoms with Crippen LogP contribution in [0.2, 0.25) is 0 Å². The number of carbonyl (C=O) groups is 2. The molecule has 9 aliphatic rings. The van der Waals surface area contributed by atoms with Gasteiger partial charge in [0, 0.05) is 38.5 Å². The van der Waals surface area contributed by atoms with E-state index in [9.17, 15) is 24.9 Å². The Hall–Kier alpha value is -1.82. The van der Waals surface area contributed by atoms with Gasteiger partial charge in [-0.25, -0.2) is 0 Å². The molecule has 9 heterocycles. The van der Waals surface area contributed by atoms with Crippen molar-refractivity contribution in [1.82, 2.24) is 0 Å². The van der Waals surface area contributed by atoms with E-state index in [0.717, 1.165) is 37.7 Å². The Balaban J connectivity index is 1.00. The van der Waals surface area contributed by atoms with Crippen LogP contribution in [-0.2, 0) is 52.2 Å². The van der Waals surface area contributed by atoms with Crippen molar-refractivity contribution in [3.05, 3.63) is 23.8 Å². The highest BCUT2D eigenvalue weighted by atomic mass is 16.8. The zero-order chi connectivity index (χ0) is 42.5. The van der Waals surface area contributed by atoms with E-state index in [4.69, 9.17) is 42.6 Å². The minimum atomic E-state index is -1.93. The van der Waals surface area contributed by atoms with Crippen LogP contribution in [0.4, 0.5) is 0 Å². The van der Waals surface area contributed by atoms with E-state index in [0.29, 0.717) is 51.4 Å². The number of carbonyl (C=O) groups excluding carboxylic acids is 2. The molecule has 10 bridgehead atoms. The first kappa shape index (κ1) is 43.4. The predicted octanol–water partition coefficient (Wildman–Crippen LogP) is 5.01. The average molecular weight is 845 g/mol. The molecule has 2 spiro atoms. The van der Waals surface area contributed by atoms with E-state index in [1.54, 1.807) is 13.8 Å². The van der Waals surface area contributed by atoms with Gasteiger partial charge in [0.05, 0.1) is 42.0 Å². The van der Waals surface area contributed by atoms with Crippen molar-refractivity contribution in [1.29, 1.82) is 0 Å². The Morgan fingerprint density at radius 2 is 1.57 bits per heavy atom. The first-order valence-electron chi connectivity index (χ1n) is 22.9. The summed E-state index contributed by atoms with van der Waals surface area (Å²) in [5, 5.41) is 34.3. The number of aliphatic hydroxyl groups is 3. The zero-order valence-electron chi connectivity index (χ0n) is 36.3. The molecule has 0 aromatic carbocycles. The Labute approximate surface area is 353 Å². The van der Waals surface area contributed by atoms with Gasteiger partial charge in [0.1, 0.15) is 48.3 Å². The van der Waals surface area contributed by atoms with E-state index in [2.05, 4.69) is 26.8 Å². The molecule has 14 heteroatoms. The molecular formula is C46H68O14. The Morgan fingerprint density at radius 3 is 2.37 bits per heavy atom. The maximum atomic E-state index is 14.0. The van der Waals surface area contributed by atoms with Crippen LogP contribution in [0.25, 0.3) is 0 Å². The standard InChI is InChI=1S/C46H68O14/c1-26-11-12-31-33(22-37(53-31)46(51)35(48)10-8-20-52-46)54-40(50)28(3)30-9-7-15-44(55-30)17-13-32(56-44)39(49)43(6)24-29(47)38(59-43)34-25-42(5)18-19-45(57-34,60-42)36-14-16-41(4,58-36)23-27(2)21-26/h11-12,21,27-28,30-39,48-49,51H,7-10,13-20,22-25H2,1-6H3/t27-,28+,30-,31+,32-,33+,34-,35+,36+,37-,38-,39-,41?,42-,43+,44-,45-,46-/m0/s1. The summed E-state index contributed by atoms with van der Waals surface area (Å²) < 4.78 is 58.8. The summed E-state index contributed by atoms with van der Waals surface area (Å²) >= 11 is 0. The molecule has 0 radical (unpaired) electrons. The molecule has 9 aliphatic heterocycles. The zero-order valence-corrected chi connectivity index (χ0v) is 36.3. The van der Waals surface area contributed by atoms with E-state index < -0.39 is 101 Å². The highest BCUT2D eigenvalue weighted by Gasteiger charge is 2.65. The van der Waals surface area contributed by atoms with Crippen molar-refractivity contribution in [3.8, 4) is 0 Å². The lowest BCUT2D eigenvalue weighted by Gasteiger charge is -2.47. The number of rotatable bonds is 1. The number of esters is 1. The van der Waals surface area contributed by atoms with Gasteiger partial charge in [0.2, 0.25) is 5.79 Å². The van der Waals surface area contributed by atoms with Crippen molar-refractivity contribution in [2.24, 2.45) is 11.8 Å². The first-order chi connectivity index (χ1) is 28.3.